The van der Waals surface area contributed by atoms with Gasteiger partial charge in [0.2, 0.25) is 5.91 Å². The van der Waals surface area contributed by atoms with E-state index in [-0.39, 0.29) is 24.0 Å². The summed E-state index contributed by atoms with van der Waals surface area (Å²) in [6.45, 7) is 4.31. The minimum atomic E-state index is -1.17. The van der Waals surface area contributed by atoms with Crippen LogP contribution in [0.15, 0.2) is 12.1 Å². The summed E-state index contributed by atoms with van der Waals surface area (Å²) < 4.78 is 5.62. The average Bonchev–Trinajstić information content (AvgIpc) is 2.59. The highest BCUT2D eigenvalue weighted by molar-refractivity contribution is 6.05. The van der Waals surface area contributed by atoms with Crippen LogP contribution in [0.3, 0.4) is 0 Å². The van der Waals surface area contributed by atoms with Crippen LogP contribution in [0.4, 0.5) is 11.6 Å². The number of hydrogen-bond acceptors (Lipinski definition) is 6. The first-order valence-corrected chi connectivity index (χ1v) is 8.24. The van der Waals surface area contributed by atoms with Gasteiger partial charge < -0.3 is 19.8 Å². The van der Waals surface area contributed by atoms with E-state index in [1.54, 1.807) is 18.7 Å². The molecule has 0 bridgehead atoms. The van der Waals surface area contributed by atoms with E-state index in [1.807, 2.05) is 0 Å². The maximum Gasteiger partial charge on any atom is 0.366 e. The molecule has 134 valence electrons. The highest BCUT2D eigenvalue weighted by Gasteiger charge is 2.45. The van der Waals surface area contributed by atoms with Gasteiger partial charge in [-0.3, -0.25) is 14.5 Å². The molecule has 9 nitrogen and oxygen atoms in total. The fourth-order valence-electron chi connectivity index (χ4n) is 3.07. The maximum absolute atomic E-state index is 12.7. The van der Waals surface area contributed by atoms with Crippen molar-refractivity contribution in [2.45, 2.75) is 38.7 Å². The normalized spacial score (nSPS) is 19.2. The molecule has 0 spiro atoms. The SMILES string of the molecule is CC1(C)Oc2ccc([N+](=O)[O-])nc2N(CC(=O)N2CCCCC2)C1=O. The van der Waals surface area contributed by atoms with Crippen LogP contribution in [0.1, 0.15) is 33.1 Å². The number of hydrogen-bond donors (Lipinski definition) is 0. The van der Waals surface area contributed by atoms with E-state index < -0.39 is 22.2 Å². The first kappa shape index (κ1) is 17.1. The number of anilines is 1. The quantitative estimate of drug-likeness (QED) is 0.605. The molecule has 0 aliphatic carbocycles. The lowest BCUT2D eigenvalue weighted by molar-refractivity contribution is -0.389. The van der Waals surface area contributed by atoms with Gasteiger partial charge in [0.1, 0.15) is 6.54 Å². The molecule has 1 fully saturated rings. The summed E-state index contributed by atoms with van der Waals surface area (Å²) in [4.78, 5) is 42.5. The van der Waals surface area contributed by atoms with Crippen LogP contribution in [-0.4, -0.2) is 51.9 Å². The molecule has 9 heteroatoms. The van der Waals surface area contributed by atoms with Crippen LogP contribution in [0.5, 0.6) is 5.75 Å². The lowest BCUT2D eigenvalue weighted by atomic mass is 10.1. The van der Waals surface area contributed by atoms with Gasteiger partial charge in [0, 0.05) is 19.2 Å². The van der Waals surface area contributed by atoms with Crippen molar-refractivity contribution in [2.24, 2.45) is 0 Å². The summed E-state index contributed by atoms with van der Waals surface area (Å²) in [6.07, 6.45) is 2.97. The number of nitrogens with zero attached hydrogens (tertiary/aromatic N) is 4. The molecule has 2 aliphatic rings. The zero-order valence-electron chi connectivity index (χ0n) is 14.2. The maximum atomic E-state index is 12.7. The highest BCUT2D eigenvalue weighted by atomic mass is 16.6. The summed E-state index contributed by atoms with van der Waals surface area (Å²) in [5.41, 5.74) is -1.17. The van der Waals surface area contributed by atoms with Gasteiger partial charge >= 0.3 is 5.82 Å². The lowest BCUT2D eigenvalue weighted by Gasteiger charge is -2.36. The molecule has 0 atom stereocenters. The second-order valence-corrected chi connectivity index (χ2v) is 6.69. The third-order valence-electron chi connectivity index (χ3n) is 4.39. The molecule has 2 amide bonds. The number of pyridine rings is 1. The Labute approximate surface area is 144 Å². The summed E-state index contributed by atoms with van der Waals surface area (Å²) in [5, 5.41) is 11.0. The number of likely N-dealkylation sites (tertiary alicyclic amines) is 1. The number of fused-ring (bicyclic) bond motifs is 1. The van der Waals surface area contributed by atoms with E-state index in [4.69, 9.17) is 4.74 Å². The van der Waals surface area contributed by atoms with Gasteiger partial charge in [-0.15, -0.1) is 0 Å². The summed E-state index contributed by atoms with van der Waals surface area (Å²) in [6, 6.07) is 2.63. The third kappa shape index (κ3) is 3.26. The van der Waals surface area contributed by atoms with E-state index >= 15 is 0 Å². The summed E-state index contributed by atoms with van der Waals surface area (Å²) >= 11 is 0. The van der Waals surface area contributed by atoms with Crippen LogP contribution in [-0.2, 0) is 9.59 Å². The molecule has 2 aliphatic heterocycles. The molecule has 3 rings (SSSR count). The van der Waals surface area contributed by atoms with Crippen LogP contribution in [0, 0.1) is 10.1 Å². The van der Waals surface area contributed by atoms with Gasteiger partial charge in [-0.05, 0) is 49.1 Å². The van der Waals surface area contributed by atoms with Gasteiger partial charge in [-0.25, -0.2) is 0 Å². The second-order valence-electron chi connectivity index (χ2n) is 6.69. The lowest BCUT2D eigenvalue weighted by Crippen LogP contribution is -2.55. The molecular formula is C16H20N4O5. The summed E-state index contributed by atoms with van der Waals surface area (Å²) in [5.74, 6) is -0.765. The Balaban J connectivity index is 1.93. The van der Waals surface area contributed by atoms with E-state index in [0.717, 1.165) is 19.3 Å². The number of piperidine rings is 1. The van der Waals surface area contributed by atoms with Crippen LogP contribution >= 0.6 is 0 Å². The Hall–Kier alpha value is -2.71. The molecule has 0 radical (unpaired) electrons. The number of carbonyl (C=O) groups is 2. The van der Waals surface area contributed by atoms with Crippen molar-refractivity contribution in [2.75, 3.05) is 24.5 Å². The molecule has 1 aromatic heterocycles. The zero-order valence-corrected chi connectivity index (χ0v) is 14.2. The topological polar surface area (TPSA) is 106 Å². The molecule has 0 aromatic carbocycles. The number of nitro groups is 1. The molecular weight excluding hydrogens is 328 g/mol. The number of amides is 2. The van der Waals surface area contributed by atoms with Gasteiger partial charge in [-0.1, -0.05) is 0 Å². The third-order valence-corrected chi connectivity index (χ3v) is 4.39. The number of ether oxygens (including phenoxy) is 1. The largest absolute Gasteiger partial charge is 0.472 e. The number of carbonyl (C=O) groups excluding carboxylic acids is 2. The predicted molar refractivity (Wildman–Crippen MR) is 88.4 cm³/mol. The van der Waals surface area contributed by atoms with E-state index in [1.165, 1.54) is 17.0 Å². The molecule has 0 saturated carbocycles. The van der Waals surface area contributed by atoms with Crippen molar-refractivity contribution < 1.29 is 19.2 Å². The Morgan fingerprint density at radius 2 is 2.00 bits per heavy atom. The second kappa shape index (κ2) is 6.30. The fourth-order valence-corrected chi connectivity index (χ4v) is 3.07. The summed E-state index contributed by atoms with van der Waals surface area (Å²) in [7, 11) is 0. The molecule has 25 heavy (non-hydrogen) atoms. The Morgan fingerprint density at radius 1 is 1.32 bits per heavy atom. The molecule has 0 N–H and O–H groups in total. The van der Waals surface area contributed by atoms with Crippen LogP contribution < -0.4 is 9.64 Å². The Morgan fingerprint density at radius 3 is 2.64 bits per heavy atom. The van der Waals surface area contributed by atoms with E-state index in [2.05, 4.69) is 4.98 Å². The fraction of sp³-hybridized carbons (Fsp3) is 0.562. The zero-order chi connectivity index (χ0) is 18.2. The first-order valence-electron chi connectivity index (χ1n) is 8.24. The van der Waals surface area contributed by atoms with Crippen molar-refractivity contribution in [3.05, 3.63) is 22.2 Å². The molecule has 0 unspecified atom stereocenters. The van der Waals surface area contributed by atoms with Gasteiger partial charge in [-0.2, -0.15) is 0 Å². The van der Waals surface area contributed by atoms with Crippen molar-refractivity contribution >= 4 is 23.5 Å². The van der Waals surface area contributed by atoms with E-state index in [9.17, 15) is 19.7 Å². The minimum absolute atomic E-state index is 0.0175. The number of rotatable bonds is 3. The van der Waals surface area contributed by atoms with Crippen LogP contribution in [0.25, 0.3) is 0 Å². The van der Waals surface area contributed by atoms with Crippen LogP contribution in [0.2, 0.25) is 0 Å². The van der Waals surface area contributed by atoms with Gasteiger partial charge in [0.05, 0.1) is 0 Å². The smallest absolute Gasteiger partial charge is 0.366 e. The standard InChI is InChI=1S/C16H20N4O5/c1-16(2)15(22)19(10-13(21)18-8-4-3-5-9-18)14-11(25-16)6-7-12(17-14)20(23)24/h6-7H,3-5,8-10H2,1-2H3. The van der Waals surface area contributed by atoms with E-state index in [0.29, 0.717) is 13.1 Å². The minimum Gasteiger partial charge on any atom is -0.472 e. The Kier molecular flexibility index (Phi) is 4.32. The highest BCUT2D eigenvalue weighted by Crippen LogP contribution is 2.37. The Bertz CT molecular complexity index is 727. The monoisotopic (exact) mass is 348 g/mol. The molecule has 3 heterocycles. The molecule has 1 aromatic rings. The number of aromatic nitrogens is 1. The first-order chi connectivity index (χ1) is 11.8. The van der Waals surface area contributed by atoms with Gasteiger partial charge in [0.15, 0.2) is 11.4 Å². The van der Waals surface area contributed by atoms with Crippen molar-refractivity contribution in [3.8, 4) is 5.75 Å². The van der Waals surface area contributed by atoms with Gasteiger partial charge in [0.25, 0.3) is 11.7 Å². The van der Waals surface area contributed by atoms with Crippen molar-refractivity contribution in [1.29, 1.82) is 0 Å². The van der Waals surface area contributed by atoms with Crippen molar-refractivity contribution in [3.63, 3.8) is 0 Å². The predicted octanol–water partition coefficient (Wildman–Crippen LogP) is 1.51. The molecule has 1 saturated heterocycles. The van der Waals surface area contributed by atoms with Crippen molar-refractivity contribution in [1.82, 2.24) is 9.88 Å². The average molecular weight is 348 g/mol.